The van der Waals surface area contributed by atoms with Gasteiger partial charge in [0.25, 0.3) is 0 Å². The molecular formula is C8H9ClN6. The second kappa shape index (κ2) is 4.70. The third-order valence-electron chi connectivity index (χ3n) is 1.75. The first-order valence-corrected chi connectivity index (χ1v) is 4.79. The molecule has 0 aliphatic carbocycles. The van der Waals surface area contributed by atoms with Crippen molar-refractivity contribution in [2.45, 2.75) is 6.54 Å². The second-order valence-corrected chi connectivity index (χ2v) is 3.22. The van der Waals surface area contributed by atoms with Gasteiger partial charge in [0.2, 0.25) is 0 Å². The number of nitrogens with one attached hydrogen (secondary N) is 1. The van der Waals surface area contributed by atoms with Gasteiger partial charge in [0, 0.05) is 12.7 Å². The van der Waals surface area contributed by atoms with E-state index in [4.69, 9.17) is 11.6 Å². The SMILES string of the molecule is Clc1ccc(NCCn2ccnn2)nn1. The van der Waals surface area contributed by atoms with E-state index in [1.807, 2.05) is 0 Å². The van der Waals surface area contributed by atoms with E-state index < -0.39 is 0 Å². The molecule has 15 heavy (non-hydrogen) atoms. The fraction of sp³-hybridized carbons (Fsp3) is 0.250. The minimum Gasteiger partial charge on any atom is -0.367 e. The summed E-state index contributed by atoms with van der Waals surface area (Å²) >= 11 is 5.60. The molecule has 2 aromatic heterocycles. The van der Waals surface area contributed by atoms with Crippen LogP contribution < -0.4 is 5.32 Å². The summed E-state index contributed by atoms with van der Waals surface area (Å²) in [4.78, 5) is 0. The molecule has 1 N–H and O–H groups in total. The summed E-state index contributed by atoms with van der Waals surface area (Å²) in [6.07, 6.45) is 3.44. The van der Waals surface area contributed by atoms with Gasteiger partial charge in [0.15, 0.2) is 5.15 Å². The highest BCUT2D eigenvalue weighted by Gasteiger charge is 1.95. The maximum absolute atomic E-state index is 5.60. The molecule has 0 bridgehead atoms. The summed E-state index contributed by atoms with van der Waals surface area (Å²) < 4.78 is 1.73. The monoisotopic (exact) mass is 224 g/mol. The van der Waals surface area contributed by atoms with Crippen molar-refractivity contribution in [3.05, 3.63) is 29.7 Å². The lowest BCUT2D eigenvalue weighted by Gasteiger charge is -2.03. The Kier molecular flexibility index (Phi) is 3.08. The fourth-order valence-electron chi connectivity index (χ4n) is 1.06. The number of anilines is 1. The van der Waals surface area contributed by atoms with Crippen LogP contribution in [-0.2, 0) is 6.54 Å². The average molecular weight is 225 g/mol. The summed E-state index contributed by atoms with van der Waals surface area (Å²) in [5, 5.41) is 18.6. The lowest BCUT2D eigenvalue weighted by atomic mass is 10.5. The molecule has 0 amide bonds. The highest BCUT2D eigenvalue weighted by atomic mass is 35.5. The standard InChI is InChI=1S/C8H9ClN6/c9-7-1-2-8(13-12-7)10-3-5-15-6-4-11-14-15/h1-2,4,6H,3,5H2,(H,10,13). The molecular weight excluding hydrogens is 216 g/mol. The Bertz CT molecular complexity index is 398. The Labute approximate surface area is 91.3 Å². The lowest BCUT2D eigenvalue weighted by molar-refractivity contribution is 0.608. The van der Waals surface area contributed by atoms with Crippen LogP contribution in [-0.4, -0.2) is 31.7 Å². The van der Waals surface area contributed by atoms with Crippen molar-refractivity contribution in [3.8, 4) is 0 Å². The third kappa shape index (κ3) is 2.88. The summed E-state index contributed by atoms with van der Waals surface area (Å²) in [5.74, 6) is 0.694. The van der Waals surface area contributed by atoms with Gasteiger partial charge >= 0.3 is 0 Å². The van der Waals surface area contributed by atoms with Crippen molar-refractivity contribution in [1.29, 1.82) is 0 Å². The zero-order valence-corrected chi connectivity index (χ0v) is 8.59. The van der Waals surface area contributed by atoms with E-state index >= 15 is 0 Å². The molecule has 6 nitrogen and oxygen atoms in total. The van der Waals surface area contributed by atoms with Crippen molar-refractivity contribution < 1.29 is 0 Å². The Hall–Kier alpha value is -1.69. The predicted octanol–water partition coefficient (Wildman–Crippen LogP) is 0.834. The number of nitrogens with zero attached hydrogens (tertiary/aromatic N) is 5. The topological polar surface area (TPSA) is 68.5 Å². The summed E-state index contributed by atoms with van der Waals surface area (Å²) in [6.45, 7) is 1.43. The molecule has 0 atom stereocenters. The molecule has 0 saturated heterocycles. The molecule has 2 heterocycles. The van der Waals surface area contributed by atoms with Gasteiger partial charge in [0.05, 0.1) is 12.7 Å². The van der Waals surface area contributed by atoms with Crippen molar-refractivity contribution in [2.75, 3.05) is 11.9 Å². The summed E-state index contributed by atoms with van der Waals surface area (Å²) in [5.41, 5.74) is 0. The Morgan fingerprint density at radius 2 is 2.27 bits per heavy atom. The first-order valence-electron chi connectivity index (χ1n) is 4.42. The molecule has 0 aliphatic rings. The smallest absolute Gasteiger partial charge is 0.151 e. The van der Waals surface area contributed by atoms with Crippen molar-refractivity contribution in [2.24, 2.45) is 0 Å². The average Bonchev–Trinajstić information content (AvgIpc) is 2.74. The molecule has 2 aromatic rings. The molecule has 0 aromatic carbocycles. The van der Waals surface area contributed by atoms with Crippen LogP contribution in [0.4, 0.5) is 5.82 Å². The molecule has 0 spiro atoms. The van der Waals surface area contributed by atoms with E-state index in [0.717, 1.165) is 6.54 Å². The number of aromatic nitrogens is 5. The first kappa shape index (κ1) is 9.85. The molecule has 7 heteroatoms. The number of hydrogen-bond acceptors (Lipinski definition) is 5. The van der Waals surface area contributed by atoms with Crippen LogP contribution >= 0.6 is 11.6 Å². The zero-order valence-electron chi connectivity index (χ0n) is 7.84. The Morgan fingerprint density at radius 3 is 2.93 bits per heavy atom. The van der Waals surface area contributed by atoms with E-state index in [1.165, 1.54) is 0 Å². The van der Waals surface area contributed by atoms with E-state index in [2.05, 4.69) is 25.8 Å². The van der Waals surface area contributed by atoms with E-state index in [-0.39, 0.29) is 0 Å². The normalized spacial score (nSPS) is 10.2. The lowest BCUT2D eigenvalue weighted by Crippen LogP contribution is -2.12. The maximum Gasteiger partial charge on any atom is 0.151 e. The molecule has 0 unspecified atom stereocenters. The first-order chi connectivity index (χ1) is 7.34. The van der Waals surface area contributed by atoms with Crippen LogP contribution in [0.3, 0.4) is 0 Å². The van der Waals surface area contributed by atoms with Gasteiger partial charge in [-0.2, -0.15) is 0 Å². The highest BCUT2D eigenvalue weighted by molar-refractivity contribution is 6.29. The van der Waals surface area contributed by atoms with Gasteiger partial charge in [-0.1, -0.05) is 16.8 Å². The van der Waals surface area contributed by atoms with Crippen molar-refractivity contribution in [3.63, 3.8) is 0 Å². The van der Waals surface area contributed by atoms with Gasteiger partial charge in [-0.05, 0) is 12.1 Å². The van der Waals surface area contributed by atoms with E-state index in [0.29, 0.717) is 17.5 Å². The van der Waals surface area contributed by atoms with Gasteiger partial charge in [-0.15, -0.1) is 15.3 Å². The van der Waals surface area contributed by atoms with Gasteiger partial charge in [-0.3, -0.25) is 4.68 Å². The minimum absolute atomic E-state index is 0.386. The maximum atomic E-state index is 5.60. The zero-order chi connectivity index (χ0) is 10.5. The minimum atomic E-state index is 0.386. The van der Waals surface area contributed by atoms with Crippen molar-refractivity contribution >= 4 is 17.4 Å². The molecule has 0 radical (unpaired) electrons. The molecule has 0 fully saturated rings. The Morgan fingerprint density at radius 1 is 1.33 bits per heavy atom. The summed E-state index contributed by atoms with van der Waals surface area (Å²) in [7, 11) is 0. The molecule has 2 rings (SSSR count). The molecule has 0 aliphatic heterocycles. The van der Waals surface area contributed by atoms with Crippen LogP contribution in [0, 0.1) is 0 Å². The number of hydrogen-bond donors (Lipinski definition) is 1. The van der Waals surface area contributed by atoms with Crippen LogP contribution in [0.1, 0.15) is 0 Å². The van der Waals surface area contributed by atoms with Crippen LogP contribution in [0.25, 0.3) is 0 Å². The van der Waals surface area contributed by atoms with Crippen LogP contribution in [0.5, 0.6) is 0 Å². The van der Waals surface area contributed by atoms with Crippen LogP contribution in [0.15, 0.2) is 24.5 Å². The third-order valence-corrected chi connectivity index (χ3v) is 1.95. The van der Waals surface area contributed by atoms with E-state index in [1.54, 1.807) is 29.2 Å². The second-order valence-electron chi connectivity index (χ2n) is 2.83. The largest absolute Gasteiger partial charge is 0.367 e. The van der Waals surface area contributed by atoms with Crippen molar-refractivity contribution in [1.82, 2.24) is 25.2 Å². The van der Waals surface area contributed by atoms with E-state index in [9.17, 15) is 0 Å². The van der Waals surface area contributed by atoms with Gasteiger partial charge < -0.3 is 5.32 Å². The Balaban J connectivity index is 1.81. The quantitative estimate of drug-likeness (QED) is 0.833. The summed E-state index contributed by atoms with van der Waals surface area (Å²) in [6, 6.07) is 3.46. The van der Waals surface area contributed by atoms with Gasteiger partial charge in [0.1, 0.15) is 5.82 Å². The number of rotatable bonds is 4. The highest BCUT2D eigenvalue weighted by Crippen LogP contribution is 2.05. The van der Waals surface area contributed by atoms with Crippen LogP contribution in [0.2, 0.25) is 5.15 Å². The fourth-order valence-corrected chi connectivity index (χ4v) is 1.16. The predicted molar refractivity (Wildman–Crippen MR) is 55.6 cm³/mol. The van der Waals surface area contributed by atoms with Gasteiger partial charge in [-0.25, -0.2) is 0 Å². The molecule has 0 saturated carbocycles. The number of halogens is 1. The molecule has 78 valence electrons.